The zero-order valence-corrected chi connectivity index (χ0v) is 21.3. The number of unbranched alkanes of at least 4 members (excludes halogenated alkanes) is 1. The molecule has 5 aromatic rings. The van der Waals surface area contributed by atoms with Gasteiger partial charge < -0.3 is 9.72 Å². The molecule has 0 fully saturated rings. The molecule has 3 aromatic carbocycles. The number of para-hydroxylation sites is 2. The summed E-state index contributed by atoms with van der Waals surface area (Å²) in [7, 11) is 0. The molecule has 0 bridgehead atoms. The van der Waals surface area contributed by atoms with Crippen molar-refractivity contribution in [1.82, 2.24) is 19.7 Å². The van der Waals surface area contributed by atoms with Crippen molar-refractivity contribution in [3.63, 3.8) is 0 Å². The third-order valence-electron chi connectivity index (χ3n) is 6.27. The maximum atomic E-state index is 12.7. The van der Waals surface area contributed by atoms with E-state index in [1.165, 1.54) is 0 Å². The smallest absolute Gasteiger partial charge is 0.259 e. The Balaban J connectivity index is 1.62. The number of fused-ring (bicyclic) bond motifs is 1. The minimum atomic E-state index is -0.290. The van der Waals surface area contributed by atoms with Crippen molar-refractivity contribution >= 4 is 22.6 Å². The predicted octanol–water partition coefficient (Wildman–Crippen LogP) is 6.33. The van der Waals surface area contributed by atoms with Gasteiger partial charge in [-0.15, -0.1) is 0 Å². The summed E-state index contributed by atoms with van der Waals surface area (Å²) in [6.45, 7) is 4.83. The van der Waals surface area contributed by atoms with E-state index < -0.39 is 0 Å². The number of aromatic amines is 1. The van der Waals surface area contributed by atoms with Crippen molar-refractivity contribution < 1.29 is 4.74 Å². The van der Waals surface area contributed by atoms with E-state index in [0.29, 0.717) is 23.2 Å². The Hall–Kier alpha value is -4.96. The topological polar surface area (TPSA) is 96.6 Å². The molecule has 2 aromatic heterocycles. The van der Waals surface area contributed by atoms with E-state index in [9.17, 15) is 10.1 Å². The number of benzene rings is 3. The van der Waals surface area contributed by atoms with Crippen LogP contribution in [0.5, 0.6) is 5.75 Å². The second-order valence-corrected chi connectivity index (χ2v) is 8.99. The Kier molecular flexibility index (Phi) is 7.14. The Morgan fingerprint density at radius 1 is 1.11 bits per heavy atom. The number of nitrogens with zero attached hydrogens (tertiary/aromatic N) is 4. The molecule has 188 valence electrons. The van der Waals surface area contributed by atoms with Crippen LogP contribution in [-0.2, 0) is 0 Å². The summed E-state index contributed by atoms with van der Waals surface area (Å²) in [5.41, 5.74) is 4.73. The van der Waals surface area contributed by atoms with Crippen LogP contribution in [-0.4, -0.2) is 26.4 Å². The molecule has 0 radical (unpaired) electrons. The second-order valence-electron chi connectivity index (χ2n) is 8.99. The Morgan fingerprint density at radius 3 is 2.66 bits per heavy atom. The van der Waals surface area contributed by atoms with E-state index in [-0.39, 0.29) is 17.0 Å². The molecule has 0 saturated carbocycles. The van der Waals surface area contributed by atoms with Crippen molar-refractivity contribution in [3.8, 4) is 28.8 Å². The summed E-state index contributed by atoms with van der Waals surface area (Å²) < 4.78 is 7.68. The Bertz CT molecular complexity index is 1730. The zero-order valence-electron chi connectivity index (χ0n) is 21.3. The number of ether oxygens (including phenoxy) is 1. The van der Waals surface area contributed by atoms with Crippen molar-refractivity contribution in [1.29, 1.82) is 5.26 Å². The second kappa shape index (κ2) is 11.0. The summed E-state index contributed by atoms with van der Waals surface area (Å²) in [5.74, 6) is 1.03. The van der Waals surface area contributed by atoms with Crippen LogP contribution in [0.1, 0.15) is 36.7 Å². The van der Waals surface area contributed by atoms with Gasteiger partial charge in [-0.1, -0.05) is 43.7 Å². The van der Waals surface area contributed by atoms with E-state index >= 15 is 0 Å². The van der Waals surface area contributed by atoms with Crippen molar-refractivity contribution in [2.45, 2.75) is 26.7 Å². The number of H-pyrrole nitrogens is 1. The van der Waals surface area contributed by atoms with E-state index in [2.05, 4.69) is 23.0 Å². The van der Waals surface area contributed by atoms with Gasteiger partial charge in [0.1, 0.15) is 17.5 Å². The Morgan fingerprint density at radius 2 is 1.89 bits per heavy atom. The maximum Gasteiger partial charge on any atom is 0.259 e. The third kappa shape index (κ3) is 5.11. The molecule has 38 heavy (non-hydrogen) atoms. The highest BCUT2D eigenvalue weighted by molar-refractivity contribution is 5.92. The molecule has 2 heterocycles. The minimum absolute atomic E-state index is 0.214. The third-order valence-corrected chi connectivity index (χ3v) is 6.27. The van der Waals surface area contributed by atoms with Gasteiger partial charge in [0.15, 0.2) is 5.82 Å². The van der Waals surface area contributed by atoms with Gasteiger partial charge in [-0.2, -0.15) is 10.4 Å². The van der Waals surface area contributed by atoms with Crippen LogP contribution < -0.4 is 10.3 Å². The van der Waals surface area contributed by atoms with Crippen molar-refractivity contribution in [3.05, 3.63) is 106 Å². The van der Waals surface area contributed by atoms with Gasteiger partial charge in [-0.3, -0.25) is 4.79 Å². The number of nitriles is 1. The van der Waals surface area contributed by atoms with Crippen molar-refractivity contribution in [2.24, 2.45) is 0 Å². The standard InChI is InChI=1S/C31H27N5O2/c1-3-4-16-38-25-14-15-26(21(2)17-25)29-23(20-36(35-29)24-10-6-5-7-11-24)18-22(19-32)30-33-28-13-9-8-12-27(28)31(37)34-30/h5-15,17-18,20H,3-4,16H2,1-2H3,(H,33,34,37). The van der Waals surface area contributed by atoms with Crippen LogP contribution in [0, 0.1) is 18.3 Å². The number of aryl methyl sites for hydroxylation is 1. The first-order valence-corrected chi connectivity index (χ1v) is 12.6. The lowest BCUT2D eigenvalue weighted by molar-refractivity contribution is 0.309. The first-order valence-electron chi connectivity index (χ1n) is 12.6. The lowest BCUT2D eigenvalue weighted by atomic mass is 10.0. The number of aromatic nitrogens is 4. The lowest BCUT2D eigenvalue weighted by Crippen LogP contribution is -2.11. The van der Waals surface area contributed by atoms with Crippen LogP contribution in [0.2, 0.25) is 0 Å². The van der Waals surface area contributed by atoms with Gasteiger partial charge in [0.05, 0.1) is 28.8 Å². The number of nitrogens with one attached hydrogen (secondary N) is 1. The van der Waals surface area contributed by atoms with Crippen molar-refractivity contribution in [2.75, 3.05) is 6.61 Å². The summed E-state index contributed by atoms with van der Waals surface area (Å²) in [6.07, 6.45) is 5.67. The number of hydrogen-bond donors (Lipinski definition) is 1. The molecule has 7 nitrogen and oxygen atoms in total. The molecule has 0 spiro atoms. The summed E-state index contributed by atoms with van der Waals surface area (Å²) >= 11 is 0. The molecule has 0 aliphatic carbocycles. The van der Waals surface area contributed by atoms with E-state index in [1.807, 2.05) is 67.7 Å². The fourth-order valence-corrected chi connectivity index (χ4v) is 4.26. The van der Waals surface area contributed by atoms with Crippen LogP contribution in [0.4, 0.5) is 0 Å². The van der Waals surface area contributed by atoms with E-state index in [0.717, 1.165) is 41.0 Å². The number of allylic oxidation sites excluding steroid dienone is 1. The largest absolute Gasteiger partial charge is 0.494 e. The summed E-state index contributed by atoms with van der Waals surface area (Å²) in [6, 6.07) is 25.0. The lowest BCUT2D eigenvalue weighted by Gasteiger charge is -2.10. The fraction of sp³-hybridized carbons (Fsp3) is 0.161. The number of rotatable bonds is 8. The van der Waals surface area contributed by atoms with Gasteiger partial charge in [0.25, 0.3) is 5.56 Å². The fourth-order valence-electron chi connectivity index (χ4n) is 4.26. The first kappa shape index (κ1) is 24.7. The summed E-state index contributed by atoms with van der Waals surface area (Å²) in [5, 5.41) is 15.4. The minimum Gasteiger partial charge on any atom is -0.494 e. The SMILES string of the molecule is CCCCOc1ccc(-c2nn(-c3ccccc3)cc2C=C(C#N)c2nc3ccccc3c(=O)[nH]2)c(C)c1. The number of hydrogen-bond acceptors (Lipinski definition) is 5. The molecule has 0 aliphatic heterocycles. The van der Waals surface area contributed by atoms with E-state index in [4.69, 9.17) is 9.84 Å². The molecular weight excluding hydrogens is 474 g/mol. The quantitative estimate of drug-likeness (QED) is 0.198. The molecule has 0 unspecified atom stereocenters. The Labute approximate surface area is 220 Å². The molecule has 1 N–H and O–H groups in total. The molecule has 0 saturated heterocycles. The molecule has 5 rings (SSSR count). The van der Waals surface area contributed by atoms with Gasteiger partial charge in [-0.05, 0) is 67.4 Å². The average Bonchev–Trinajstić information content (AvgIpc) is 3.36. The zero-order chi connectivity index (χ0) is 26.5. The molecule has 0 atom stereocenters. The highest BCUT2D eigenvalue weighted by Gasteiger charge is 2.16. The molecule has 0 amide bonds. The van der Waals surface area contributed by atoms with E-state index in [1.54, 1.807) is 29.0 Å². The van der Waals surface area contributed by atoms with Crippen LogP contribution >= 0.6 is 0 Å². The van der Waals surface area contributed by atoms with Gasteiger partial charge >= 0.3 is 0 Å². The normalized spacial score (nSPS) is 11.4. The van der Waals surface area contributed by atoms with Gasteiger partial charge in [0, 0.05) is 17.3 Å². The average molecular weight is 502 g/mol. The van der Waals surface area contributed by atoms with Crippen LogP contribution in [0.15, 0.2) is 83.8 Å². The summed E-state index contributed by atoms with van der Waals surface area (Å²) in [4.78, 5) is 20.0. The highest BCUT2D eigenvalue weighted by Crippen LogP contribution is 2.31. The molecule has 0 aliphatic rings. The van der Waals surface area contributed by atoms with Crippen LogP contribution in [0.3, 0.4) is 0 Å². The first-order chi connectivity index (χ1) is 18.6. The molecular formula is C31H27N5O2. The highest BCUT2D eigenvalue weighted by atomic mass is 16.5. The predicted molar refractivity (Wildman–Crippen MR) is 150 cm³/mol. The molecule has 7 heteroatoms. The maximum absolute atomic E-state index is 12.7. The van der Waals surface area contributed by atoms with Gasteiger partial charge in [-0.25, -0.2) is 9.67 Å². The monoisotopic (exact) mass is 501 g/mol. The van der Waals surface area contributed by atoms with Crippen LogP contribution in [0.25, 0.3) is 39.5 Å². The van der Waals surface area contributed by atoms with Gasteiger partial charge in [0.2, 0.25) is 0 Å².